The molecule has 0 bridgehead atoms. The molecule has 0 aliphatic heterocycles. The Kier molecular flexibility index (Phi) is 4.99. The Bertz CT molecular complexity index is 702. The molecule has 0 heterocycles. The highest BCUT2D eigenvalue weighted by molar-refractivity contribution is 5.82. The Morgan fingerprint density at radius 2 is 1.88 bits per heavy atom. The standard InChI is InChI=1S/C19H20FNO3/c1-23-13-6-8-14(9-7-13)24-11-10-21-19(22)17-12-16(17)15-4-2-3-5-18(15)20/h2-9,16-17H,10-12H2,1H3,(H,21,22). The van der Waals surface area contributed by atoms with Crippen LogP contribution in [0.3, 0.4) is 0 Å². The van der Waals surface area contributed by atoms with Crippen LogP contribution in [0.15, 0.2) is 48.5 Å². The number of halogens is 1. The molecule has 1 amide bonds. The molecule has 3 rings (SSSR count). The largest absolute Gasteiger partial charge is 0.497 e. The Morgan fingerprint density at radius 1 is 1.17 bits per heavy atom. The highest BCUT2D eigenvalue weighted by Crippen LogP contribution is 2.48. The summed E-state index contributed by atoms with van der Waals surface area (Å²) in [7, 11) is 1.61. The number of rotatable bonds is 7. The van der Waals surface area contributed by atoms with Crippen LogP contribution in [-0.2, 0) is 4.79 Å². The maximum absolute atomic E-state index is 13.7. The molecule has 2 atom stereocenters. The Labute approximate surface area is 140 Å². The van der Waals surface area contributed by atoms with E-state index in [1.54, 1.807) is 25.3 Å². The van der Waals surface area contributed by atoms with Crippen LogP contribution in [0.25, 0.3) is 0 Å². The fraction of sp³-hybridized carbons (Fsp3) is 0.316. The van der Waals surface area contributed by atoms with Gasteiger partial charge in [0.15, 0.2) is 0 Å². The number of hydrogen-bond donors (Lipinski definition) is 1. The summed E-state index contributed by atoms with van der Waals surface area (Å²) < 4.78 is 24.3. The van der Waals surface area contributed by atoms with Crippen molar-refractivity contribution in [2.75, 3.05) is 20.3 Å². The summed E-state index contributed by atoms with van der Waals surface area (Å²) in [5.74, 6) is 1.07. The molecular weight excluding hydrogens is 309 g/mol. The van der Waals surface area contributed by atoms with E-state index in [0.29, 0.717) is 25.1 Å². The maximum Gasteiger partial charge on any atom is 0.223 e. The molecule has 0 spiro atoms. The lowest BCUT2D eigenvalue weighted by Crippen LogP contribution is -2.29. The second kappa shape index (κ2) is 7.34. The van der Waals surface area contributed by atoms with Gasteiger partial charge in [-0.1, -0.05) is 18.2 Å². The average Bonchev–Trinajstić information content (AvgIpc) is 3.40. The zero-order valence-corrected chi connectivity index (χ0v) is 13.5. The van der Waals surface area contributed by atoms with E-state index >= 15 is 0 Å². The van der Waals surface area contributed by atoms with E-state index in [-0.39, 0.29) is 23.6 Å². The van der Waals surface area contributed by atoms with Crippen LogP contribution in [-0.4, -0.2) is 26.2 Å². The Hall–Kier alpha value is -2.56. The zero-order chi connectivity index (χ0) is 16.9. The number of carbonyl (C=O) groups is 1. The first-order valence-corrected chi connectivity index (χ1v) is 7.98. The van der Waals surface area contributed by atoms with Crippen molar-refractivity contribution in [2.24, 2.45) is 5.92 Å². The molecule has 1 aliphatic carbocycles. The normalized spacial score (nSPS) is 18.8. The van der Waals surface area contributed by atoms with Gasteiger partial charge in [0.05, 0.1) is 13.7 Å². The van der Waals surface area contributed by atoms with Gasteiger partial charge < -0.3 is 14.8 Å². The topological polar surface area (TPSA) is 47.6 Å². The molecule has 4 nitrogen and oxygen atoms in total. The first-order chi connectivity index (χ1) is 11.7. The van der Waals surface area contributed by atoms with Gasteiger partial charge in [-0.05, 0) is 48.2 Å². The number of amides is 1. The van der Waals surface area contributed by atoms with Crippen molar-refractivity contribution >= 4 is 5.91 Å². The van der Waals surface area contributed by atoms with Gasteiger partial charge >= 0.3 is 0 Å². The van der Waals surface area contributed by atoms with Crippen molar-refractivity contribution in [2.45, 2.75) is 12.3 Å². The van der Waals surface area contributed by atoms with Crippen LogP contribution < -0.4 is 14.8 Å². The fourth-order valence-corrected chi connectivity index (χ4v) is 2.75. The lowest BCUT2D eigenvalue weighted by molar-refractivity contribution is -0.122. The minimum Gasteiger partial charge on any atom is -0.497 e. The summed E-state index contributed by atoms with van der Waals surface area (Å²) in [5.41, 5.74) is 0.632. The highest BCUT2D eigenvalue weighted by Gasteiger charge is 2.44. The molecule has 126 valence electrons. The van der Waals surface area contributed by atoms with Gasteiger partial charge in [-0.2, -0.15) is 0 Å². The summed E-state index contributed by atoms with van der Waals surface area (Å²) in [6, 6.07) is 13.9. The third-order valence-corrected chi connectivity index (χ3v) is 4.16. The van der Waals surface area contributed by atoms with E-state index in [9.17, 15) is 9.18 Å². The second-order valence-electron chi connectivity index (χ2n) is 5.79. The molecule has 2 aromatic carbocycles. The van der Waals surface area contributed by atoms with E-state index in [1.165, 1.54) is 6.07 Å². The molecule has 24 heavy (non-hydrogen) atoms. The van der Waals surface area contributed by atoms with Gasteiger partial charge in [0.25, 0.3) is 0 Å². The van der Waals surface area contributed by atoms with Crippen LogP contribution in [0.5, 0.6) is 11.5 Å². The minimum atomic E-state index is -0.236. The van der Waals surface area contributed by atoms with Gasteiger partial charge in [0.2, 0.25) is 5.91 Å². The predicted molar refractivity (Wildman–Crippen MR) is 88.7 cm³/mol. The summed E-state index contributed by atoms with van der Waals surface area (Å²) in [5, 5.41) is 2.85. The molecule has 0 radical (unpaired) electrons. The van der Waals surface area contributed by atoms with Crippen LogP contribution in [0.2, 0.25) is 0 Å². The first kappa shape index (κ1) is 16.3. The Morgan fingerprint density at radius 3 is 2.58 bits per heavy atom. The lowest BCUT2D eigenvalue weighted by atomic mass is 10.1. The van der Waals surface area contributed by atoms with Crippen molar-refractivity contribution in [3.8, 4) is 11.5 Å². The zero-order valence-electron chi connectivity index (χ0n) is 13.5. The molecule has 5 heteroatoms. The van der Waals surface area contributed by atoms with E-state index in [1.807, 2.05) is 24.3 Å². The van der Waals surface area contributed by atoms with E-state index in [4.69, 9.17) is 9.47 Å². The lowest BCUT2D eigenvalue weighted by Gasteiger charge is -2.08. The fourth-order valence-electron chi connectivity index (χ4n) is 2.75. The molecule has 0 aromatic heterocycles. The maximum atomic E-state index is 13.7. The number of carbonyl (C=O) groups excluding carboxylic acids is 1. The second-order valence-corrected chi connectivity index (χ2v) is 5.79. The SMILES string of the molecule is COc1ccc(OCCNC(=O)C2CC2c2ccccc2F)cc1. The quantitative estimate of drug-likeness (QED) is 0.794. The first-order valence-electron chi connectivity index (χ1n) is 7.98. The van der Waals surface area contributed by atoms with E-state index < -0.39 is 0 Å². The number of methoxy groups -OCH3 is 1. The third-order valence-electron chi connectivity index (χ3n) is 4.16. The van der Waals surface area contributed by atoms with Gasteiger partial charge in [-0.3, -0.25) is 4.79 Å². The third kappa shape index (κ3) is 3.85. The monoisotopic (exact) mass is 329 g/mol. The van der Waals surface area contributed by atoms with Crippen LogP contribution >= 0.6 is 0 Å². The predicted octanol–water partition coefficient (Wildman–Crippen LogP) is 3.13. The average molecular weight is 329 g/mol. The van der Waals surface area contributed by atoms with Crippen molar-refractivity contribution in [1.29, 1.82) is 0 Å². The van der Waals surface area contributed by atoms with Gasteiger partial charge in [0, 0.05) is 5.92 Å². The highest BCUT2D eigenvalue weighted by atomic mass is 19.1. The van der Waals surface area contributed by atoms with Crippen LogP contribution in [0.4, 0.5) is 4.39 Å². The smallest absolute Gasteiger partial charge is 0.223 e. The summed E-state index contributed by atoms with van der Waals surface area (Å²) in [6.07, 6.45) is 0.700. The molecule has 1 N–H and O–H groups in total. The minimum absolute atomic E-state index is 0.00583. The van der Waals surface area contributed by atoms with Crippen LogP contribution in [0.1, 0.15) is 17.9 Å². The Balaban J connectivity index is 1.40. The molecule has 1 saturated carbocycles. The summed E-state index contributed by atoms with van der Waals surface area (Å²) >= 11 is 0. The summed E-state index contributed by atoms with van der Waals surface area (Å²) in [4.78, 5) is 12.1. The van der Waals surface area contributed by atoms with Gasteiger partial charge in [-0.25, -0.2) is 4.39 Å². The van der Waals surface area contributed by atoms with Crippen molar-refractivity contribution in [1.82, 2.24) is 5.32 Å². The molecule has 2 unspecified atom stereocenters. The number of benzene rings is 2. The molecule has 0 saturated heterocycles. The number of ether oxygens (including phenoxy) is 2. The summed E-state index contributed by atoms with van der Waals surface area (Å²) in [6.45, 7) is 0.806. The van der Waals surface area contributed by atoms with Crippen molar-refractivity contribution < 1.29 is 18.7 Å². The van der Waals surface area contributed by atoms with Crippen LogP contribution in [0, 0.1) is 11.7 Å². The van der Waals surface area contributed by atoms with E-state index in [0.717, 1.165) is 11.5 Å². The van der Waals surface area contributed by atoms with E-state index in [2.05, 4.69) is 5.32 Å². The molecule has 1 aliphatic rings. The van der Waals surface area contributed by atoms with Crippen molar-refractivity contribution in [3.05, 3.63) is 59.9 Å². The molecular formula is C19H20FNO3. The molecule has 2 aromatic rings. The number of hydrogen-bond acceptors (Lipinski definition) is 3. The number of nitrogens with one attached hydrogen (secondary N) is 1. The van der Waals surface area contributed by atoms with Gasteiger partial charge in [-0.15, -0.1) is 0 Å². The molecule has 1 fully saturated rings. The van der Waals surface area contributed by atoms with Gasteiger partial charge in [0.1, 0.15) is 23.9 Å². The van der Waals surface area contributed by atoms with Crippen molar-refractivity contribution in [3.63, 3.8) is 0 Å².